The van der Waals surface area contributed by atoms with Gasteiger partial charge >= 0.3 is 11.8 Å². The molecule has 0 atom stereocenters. The molecule has 8 nitrogen and oxygen atoms in total. The van der Waals surface area contributed by atoms with E-state index < -0.39 is 11.8 Å². The Labute approximate surface area is 175 Å². The first kappa shape index (κ1) is 22.5. The van der Waals surface area contributed by atoms with Crippen LogP contribution < -0.4 is 25.0 Å². The number of rotatable bonds is 10. The number of hydrogen-bond donors (Lipinski definition) is 2. The third-order valence-electron chi connectivity index (χ3n) is 3.65. The van der Waals surface area contributed by atoms with E-state index in [0.29, 0.717) is 48.3 Å². The van der Waals surface area contributed by atoms with Crippen molar-refractivity contribution in [1.29, 1.82) is 0 Å². The predicted molar refractivity (Wildman–Crippen MR) is 115 cm³/mol. The number of nitrogens with zero attached hydrogens (tertiary/aromatic N) is 1. The van der Waals surface area contributed by atoms with Crippen molar-refractivity contribution in [1.82, 2.24) is 5.43 Å². The maximum absolute atomic E-state index is 12.0. The van der Waals surface area contributed by atoms with E-state index in [1.165, 1.54) is 6.21 Å². The Morgan fingerprint density at radius 2 is 1.67 bits per heavy atom. The molecule has 0 aliphatic heterocycles. The van der Waals surface area contributed by atoms with Crippen molar-refractivity contribution in [2.24, 2.45) is 5.10 Å². The van der Waals surface area contributed by atoms with Gasteiger partial charge in [-0.25, -0.2) is 5.43 Å². The van der Waals surface area contributed by atoms with Crippen molar-refractivity contribution >= 4 is 23.7 Å². The van der Waals surface area contributed by atoms with Crippen molar-refractivity contribution in [2.75, 3.05) is 25.1 Å². The van der Waals surface area contributed by atoms with E-state index in [0.717, 1.165) is 0 Å². The fourth-order valence-electron chi connectivity index (χ4n) is 2.35. The topological polar surface area (TPSA) is 98.2 Å². The Bertz CT molecular complexity index is 894. The minimum Gasteiger partial charge on any atom is -0.494 e. The zero-order valence-electron chi connectivity index (χ0n) is 17.0. The summed E-state index contributed by atoms with van der Waals surface area (Å²) < 4.78 is 16.4. The molecule has 2 aromatic carbocycles. The van der Waals surface area contributed by atoms with Crippen LogP contribution in [0.15, 0.2) is 60.2 Å². The monoisotopic (exact) mass is 411 g/mol. The summed E-state index contributed by atoms with van der Waals surface area (Å²) in [5, 5.41) is 6.32. The lowest BCUT2D eigenvalue weighted by Crippen LogP contribution is -2.32. The summed E-state index contributed by atoms with van der Waals surface area (Å²) in [6.07, 6.45) is 3.03. The average Bonchev–Trinajstić information content (AvgIpc) is 2.75. The van der Waals surface area contributed by atoms with Crippen molar-refractivity contribution in [3.05, 3.63) is 60.7 Å². The zero-order chi connectivity index (χ0) is 21.8. The number of benzene rings is 2. The first-order chi connectivity index (χ1) is 14.6. The maximum Gasteiger partial charge on any atom is 0.329 e. The summed E-state index contributed by atoms with van der Waals surface area (Å²) >= 11 is 0. The Morgan fingerprint density at radius 1 is 0.967 bits per heavy atom. The fourth-order valence-corrected chi connectivity index (χ4v) is 2.35. The highest BCUT2D eigenvalue weighted by Crippen LogP contribution is 2.24. The van der Waals surface area contributed by atoms with Crippen molar-refractivity contribution < 1.29 is 23.8 Å². The van der Waals surface area contributed by atoms with Crippen LogP contribution in [0.25, 0.3) is 0 Å². The van der Waals surface area contributed by atoms with Crippen LogP contribution in [0.5, 0.6) is 17.2 Å². The summed E-state index contributed by atoms with van der Waals surface area (Å²) in [5.74, 6) is 0.111. The average molecular weight is 411 g/mol. The number of hydrazone groups is 1. The molecule has 30 heavy (non-hydrogen) atoms. The molecule has 0 heterocycles. The van der Waals surface area contributed by atoms with Gasteiger partial charge in [0.1, 0.15) is 23.9 Å². The van der Waals surface area contributed by atoms with Gasteiger partial charge < -0.3 is 19.5 Å². The molecule has 0 aliphatic rings. The normalized spacial score (nSPS) is 10.3. The number of amides is 2. The third kappa shape index (κ3) is 6.97. The molecule has 0 aromatic heterocycles. The lowest BCUT2D eigenvalue weighted by molar-refractivity contribution is -0.136. The Kier molecular flexibility index (Phi) is 8.92. The summed E-state index contributed by atoms with van der Waals surface area (Å²) in [6.45, 7) is 8.70. The summed E-state index contributed by atoms with van der Waals surface area (Å²) in [6, 6.07) is 11.9. The van der Waals surface area contributed by atoms with Gasteiger partial charge in [-0.15, -0.1) is 0 Å². The second-order valence-corrected chi connectivity index (χ2v) is 5.84. The summed E-state index contributed by atoms with van der Waals surface area (Å²) in [4.78, 5) is 24.0. The highest BCUT2D eigenvalue weighted by atomic mass is 16.5. The quantitative estimate of drug-likeness (QED) is 0.271. The molecule has 0 bridgehead atoms. The molecule has 2 amide bonds. The summed E-state index contributed by atoms with van der Waals surface area (Å²) in [7, 11) is 0. The number of carbonyl (C=O) groups excluding carboxylic acids is 2. The lowest BCUT2D eigenvalue weighted by atomic mass is 10.2. The van der Waals surface area contributed by atoms with Gasteiger partial charge in [0.05, 0.1) is 19.4 Å². The van der Waals surface area contributed by atoms with Gasteiger partial charge in [-0.05, 0) is 50.2 Å². The second kappa shape index (κ2) is 11.9. The van der Waals surface area contributed by atoms with E-state index in [4.69, 9.17) is 14.2 Å². The third-order valence-corrected chi connectivity index (χ3v) is 3.65. The van der Waals surface area contributed by atoms with Crippen molar-refractivity contribution in [3.8, 4) is 17.2 Å². The largest absolute Gasteiger partial charge is 0.494 e. The molecule has 0 saturated heterocycles. The van der Waals surface area contributed by atoms with Crippen LogP contribution in [-0.4, -0.2) is 37.8 Å². The Morgan fingerprint density at radius 3 is 2.33 bits per heavy atom. The van der Waals surface area contributed by atoms with Crippen LogP contribution in [0.1, 0.15) is 19.4 Å². The molecular weight excluding hydrogens is 386 g/mol. The standard InChI is InChI=1S/C22H25N3O5/c1-4-13-30-18-11-8-17(9-12-18)24-21(26)22(27)25-23-15-16-7-10-19(28-5-2)14-20(16)29-6-3/h4,7-12,14-15H,1,5-6,13H2,2-3H3,(H,24,26)(H,25,27)/b23-15-. The molecule has 2 N–H and O–H groups in total. The van der Waals surface area contributed by atoms with E-state index in [1.54, 1.807) is 48.5 Å². The van der Waals surface area contributed by atoms with Crippen LogP contribution in [0.3, 0.4) is 0 Å². The molecule has 0 radical (unpaired) electrons. The Balaban J connectivity index is 1.93. The smallest absolute Gasteiger partial charge is 0.329 e. The van der Waals surface area contributed by atoms with Gasteiger partial charge in [0, 0.05) is 17.3 Å². The number of anilines is 1. The van der Waals surface area contributed by atoms with E-state index in [2.05, 4.69) is 22.4 Å². The minimum atomic E-state index is -0.901. The molecule has 0 unspecified atom stereocenters. The SMILES string of the molecule is C=CCOc1ccc(NC(=O)C(=O)N/N=C\c2ccc(OCC)cc2OCC)cc1. The van der Waals surface area contributed by atoms with Gasteiger partial charge in [-0.3, -0.25) is 9.59 Å². The molecule has 2 rings (SSSR count). The molecule has 0 spiro atoms. The first-order valence-corrected chi connectivity index (χ1v) is 9.45. The zero-order valence-corrected chi connectivity index (χ0v) is 17.0. The van der Waals surface area contributed by atoms with Gasteiger partial charge in [0.2, 0.25) is 0 Å². The van der Waals surface area contributed by atoms with E-state index >= 15 is 0 Å². The lowest BCUT2D eigenvalue weighted by Gasteiger charge is -2.10. The van der Waals surface area contributed by atoms with E-state index in [9.17, 15) is 9.59 Å². The molecule has 8 heteroatoms. The molecule has 0 aliphatic carbocycles. The van der Waals surface area contributed by atoms with E-state index in [1.807, 2.05) is 13.8 Å². The highest BCUT2D eigenvalue weighted by Gasteiger charge is 2.13. The number of hydrogen-bond acceptors (Lipinski definition) is 6. The van der Waals surface area contributed by atoms with Crippen LogP contribution in [-0.2, 0) is 9.59 Å². The predicted octanol–water partition coefficient (Wildman–Crippen LogP) is 3.14. The number of carbonyl (C=O) groups is 2. The van der Waals surface area contributed by atoms with Gasteiger partial charge in [-0.2, -0.15) is 5.10 Å². The van der Waals surface area contributed by atoms with E-state index in [-0.39, 0.29) is 0 Å². The van der Waals surface area contributed by atoms with Crippen LogP contribution in [0, 0.1) is 0 Å². The molecule has 0 fully saturated rings. The van der Waals surface area contributed by atoms with Gasteiger partial charge in [0.15, 0.2) is 0 Å². The minimum absolute atomic E-state index is 0.380. The highest BCUT2D eigenvalue weighted by molar-refractivity contribution is 6.39. The molecule has 0 saturated carbocycles. The number of ether oxygens (including phenoxy) is 3. The van der Waals surface area contributed by atoms with Crippen LogP contribution in [0.4, 0.5) is 5.69 Å². The van der Waals surface area contributed by atoms with Crippen molar-refractivity contribution in [3.63, 3.8) is 0 Å². The van der Waals surface area contributed by atoms with Crippen molar-refractivity contribution in [2.45, 2.75) is 13.8 Å². The molecule has 158 valence electrons. The van der Waals surface area contributed by atoms with Gasteiger partial charge in [0.25, 0.3) is 0 Å². The van der Waals surface area contributed by atoms with Crippen LogP contribution >= 0.6 is 0 Å². The second-order valence-electron chi connectivity index (χ2n) is 5.84. The number of nitrogens with one attached hydrogen (secondary N) is 2. The van der Waals surface area contributed by atoms with Gasteiger partial charge in [-0.1, -0.05) is 12.7 Å². The maximum atomic E-state index is 12.0. The molecule has 2 aromatic rings. The molecular formula is C22H25N3O5. The summed E-state index contributed by atoms with van der Waals surface area (Å²) in [5.41, 5.74) is 3.28. The Hall–Kier alpha value is -3.81. The van der Waals surface area contributed by atoms with Crippen LogP contribution in [0.2, 0.25) is 0 Å². The first-order valence-electron chi connectivity index (χ1n) is 9.45. The fraction of sp³-hybridized carbons (Fsp3) is 0.227.